The Kier molecular flexibility index (Phi) is 3.27. The Hall–Kier alpha value is -1.97. The Morgan fingerprint density at radius 2 is 1.74 bits per heavy atom. The molecule has 19 heavy (non-hydrogen) atoms. The lowest BCUT2D eigenvalue weighted by atomic mass is 9.83. The molecule has 1 aromatic heterocycles. The third-order valence-electron chi connectivity index (χ3n) is 3.55. The van der Waals surface area contributed by atoms with Gasteiger partial charge in [-0.3, -0.25) is 4.79 Å². The lowest BCUT2D eigenvalue weighted by Crippen LogP contribution is -2.28. The van der Waals surface area contributed by atoms with Gasteiger partial charge in [-0.05, 0) is 45.4 Å². The first-order valence-electron chi connectivity index (χ1n) is 6.16. The summed E-state index contributed by atoms with van der Waals surface area (Å²) in [5.41, 5.74) is 1.64. The van der Waals surface area contributed by atoms with Gasteiger partial charge in [-0.25, -0.2) is 9.37 Å². The number of halogens is 1. The zero-order valence-electron chi connectivity index (χ0n) is 11.5. The monoisotopic (exact) mass is 260 g/mol. The number of hydrogen-bond acceptors (Lipinski definition) is 2. The van der Waals surface area contributed by atoms with Crippen molar-refractivity contribution in [3.05, 3.63) is 63.1 Å². The quantitative estimate of drug-likeness (QED) is 0.902. The molecule has 0 unspecified atom stereocenters. The molecule has 1 aromatic carbocycles. The lowest BCUT2D eigenvalue weighted by Gasteiger charge is -2.24. The summed E-state index contributed by atoms with van der Waals surface area (Å²) in [5, 5.41) is 0. The number of nitrogens with one attached hydrogen (secondary N) is 1. The topological polar surface area (TPSA) is 45.8 Å². The second-order valence-corrected chi connectivity index (χ2v) is 5.26. The maximum absolute atomic E-state index is 13.0. The highest BCUT2D eigenvalue weighted by Crippen LogP contribution is 2.28. The van der Waals surface area contributed by atoms with Crippen molar-refractivity contribution in [3.8, 4) is 0 Å². The minimum atomic E-state index is -0.481. The molecule has 0 bridgehead atoms. The van der Waals surface area contributed by atoms with Gasteiger partial charge in [0.1, 0.15) is 11.6 Å². The summed E-state index contributed by atoms with van der Waals surface area (Å²) in [7, 11) is 0. The van der Waals surface area contributed by atoms with Crippen molar-refractivity contribution in [2.45, 2.75) is 33.1 Å². The molecule has 0 radical (unpaired) electrons. The minimum Gasteiger partial charge on any atom is -0.310 e. The Balaban J connectivity index is 2.56. The van der Waals surface area contributed by atoms with E-state index in [2.05, 4.69) is 9.97 Å². The van der Waals surface area contributed by atoms with E-state index in [1.165, 1.54) is 12.1 Å². The molecule has 2 aromatic rings. The van der Waals surface area contributed by atoms with E-state index in [0.717, 1.165) is 5.56 Å². The molecule has 0 aliphatic carbocycles. The van der Waals surface area contributed by atoms with Crippen LogP contribution in [0.5, 0.6) is 0 Å². The summed E-state index contributed by atoms with van der Waals surface area (Å²) in [6.07, 6.45) is 0. The first-order chi connectivity index (χ1) is 8.82. The van der Waals surface area contributed by atoms with Crippen LogP contribution in [0.1, 0.15) is 36.5 Å². The smallest absolute Gasteiger partial charge is 0.254 e. The zero-order valence-corrected chi connectivity index (χ0v) is 11.5. The normalized spacial score (nSPS) is 11.6. The van der Waals surface area contributed by atoms with E-state index in [9.17, 15) is 9.18 Å². The van der Waals surface area contributed by atoms with E-state index in [1.54, 1.807) is 19.1 Å². The molecule has 1 heterocycles. The van der Waals surface area contributed by atoms with Crippen LogP contribution in [-0.4, -0.2) is 9.97 Å². The van der Waals surface area contributed by atoms with Gasteiger partial charge >= 0.3 is 0 Å². The maximum atomic E-state index is 13.0. The highest BCUT2D eigenvalue weighted by atomic mass is 19.1. The Morgan fingerprint density at radius 1 is 1.16 bits per heavy atom. The van der Waals surface area contributed by atoms with E-state index in [4.69, 9.17) is 0 Å². The SMILES string of the molecule is Cc1nc(C(C)(C)c2ccc(F)cc2)[nH]c(=O)c1C. The van der Waals surface area contributed by atoms with Gasteiger partial charge in [0.15, 0.2) is 0 Å². The number of aromatic nitrogens is 2. The molecule has 0 spiro atoms. The van der Waals surface area contributed by atoms with Crippen molar-refractivity contribution < 1.29 is 4.39 Å². The molecule has 100 valence electrons. The largest absolute Gasteiger partial charge is 0.310 e. The molecule has 0 aliphatic heterocycles. The zero-order chi connectivity index (χ0) is 14.2. The molecule has 0 saturated carbocycles. The summed E-state index contributed by atoms with van der Waals surface area (Å²) < 4.78 is 13.0. The van der Waals surface area contributed by atoms with Gasteiger partial charge in [0.05, 0.1) is 0 Å². The molecule has 0 saturated heterocycles. The van der Waals surface area contributed by atoms with Crippen molar-refractivity contribution in [1.29, 1.82) is 0 Å². The highest BCUT2D eigenvalue weighted by molar-refractivity contribution is 5.32. The summed E-state index contributed by atoms with van der Waals surface area (Å²) in [4.78, 5) is 19.1. The van der Waals surface area contributed by atoms with Crippen molar-refractivity contribution in [2.24, 2.45) is 0 Å². The molecule has 4 heteroatoms. The third-order valence-corrected chi connectivity index (χ3v) is 3.55. The van der Waals surface area contributed by atoms with Gasteiger partial charge in [-0.15, -0.1) is 0 Å². The fraction of sp³-hybridized carbons (Fsp3) is 0.333. The van der Waals surface area contributed by atoms with Crippen LogP contribution in [0.2, 0.25) is 0 Å². The van der Waals surface area contributed by atoms with E-state index in [0.29, 0.717) is 17.1 Å². The average molecular weight is 260 g/mol. The Labute approximate surface area is 111 Å². The van der Waals surface area contributed by atoms with Crippen molar-refractivity contribution in [3.63, 3.8) is 0 Å². The molecule has 1 N–H and O–H groups in total. The molecular weight excluding hydrogens is 243 g/mol. The number of aryl methyl sites for hydroxylation is 1. The number of benzene rings is 1. The Bertz CT molecular complexity index is 657. The maximum Gasteiger partial charge on any atom is 0.254 e. The minimum absolute atomic E-state index is 0.127. The molecule has 3 nitrogen and oxygen atoms in total. The summed E-state index contributed by atoms with van der Waals surface area (Å²) in [6, 6.07) is 6.25. The number of aromatic amines is 1. The molecule has 0 aliphatic rings. The van der Waals surface area contributed by atoms with Crippen LogP contribution in [0.3, 0.4) is 0 Å². The number of hydrogen-bond donors (Lipinski definition) is 1. The van der Waals surface area contributed by atoms with Crippen LogP contribution in [0.4, 0.5) is 4.39 Å². The van der Waals surface area contributed by atoms with Gasteiger partial charge in [0.2, 0.25) is 0 Å². The van der Waals surface area contributed by atoms with Crippen LogP contribution in [-0.2, 0) is 5.41 Å². The van der Waals surface area contributed by atoms with Gasteiger partial charge in [-0.1, -0.05) is 12.1 Å². The van der Waals surface area contributed by atoms with E-state index in [1.807, 2.05) is 20.8 Å². The molecule has 0 amide bonds. The summed E-state index contributed by atoms with van der Waals surface area (Å²) in [5.74, 6) is 0.313. The van der Waals surface area contributed by atoms with Crippen LogP contribution < -0.4 is 5.56 Å². The van der Waals surface area contributed by atoms with Gasteiger partial charge in [-0.2, -0.15) is 0 Å². The van der Waals surface area contributed by atoms with E-state index < -0.39 is 5.41 Å². The van der Waals surface area contributed by atoms with Crippen LogP contribution >= 0.6 is 0 Å². The summed E-state index contributed by atoms with van der Waals surface area (Å²) in [6.45, 7) is 7.46. The molecule has 2 rings (SSSR count). The number of rotatable bonds is 2. The summed E-state index contributed by atoms with van der Waals surface area (Å²) >= 11 is 0. The highest BCUT2D eigenvalue weighted by Gasteiger charge is 2.26. The molecule has 0 fully saturated rings. The van der Waals surface area contributed by atoms with Crippen molar-refractivity contribution >= 4 is 0 Å². The predicted octanol–water partition coefficient (Wildman–Crippen LogP) is 2.85. The van der Waals surface area contributed by atoms with Crippen LogP contribution in [0, 0.1) is 19.7 Å². The van der Waals surface area contributed by atoms with Crippen LogP contribution in [0.15, 0.2) is 29.1 Å². The molecular formula is C15H17FN2O. The fourth-order valence-corrected chi connectivity index (χ4v) is 1.94. The van der Waals surface area contributed by atoms with Gasteiger partial charge < -0.3 is 4.98 Å². The molecule has 0 atom stereocenters. The van der Waals surface area contributed by atoms with Gasteiger partial charge in [0, 0.05) is 16.7 Å². The van der Waals surface area contributed by atoms with Crippen molar-refractivity contribution in [2.75, 3.05) is 0 Å². The average Bonchev–Trinajstić information content (AvgIpc) is 2.35. The predicted molar refractivity (Wildman–Crippen MR) is 72.9 cm³/mol. The second-order valence-electron chi connectivity index (χ2n) is 5.26. The Morgan fingerprint density at radius 3 is 2.26 bits per heavy atom. The van der Waals surface area contributed by atoms with E-state index in [-0.39, 0.29) is 11.4 Å². The second kappa shape index (κ2) is 4.61. The first kappa shape index (κ1) is 13.5. The lowest BCUT2D eigenvalue weighted by molar-refractivity contribution is 0.577. The first-order valence-corrected chi connectivity index (χ1v) is 6.16. The fourth-order valence-electron chi connectivity index (χ4n) is 1.94. The van der Waals surface area contributed by atoms with E-state index >= 15 is 0 Å². The van der Waals surface area contributed by atoms with Crippen molar-refractivity contribution in [1.82, 2.24) is 9.97 Å². The number of H-pyrrole nitrogens is 1. The number of nitrogens with zero attached hydrogens (tertiary/aromatic N) is 1. The third kappa shape index (κ3) is 2.43. The van der Waals surface area contributed by atoms with Gasteiger partial charge in [0.25, 0.3) is 5.56 Å². The van der Waals surface area contributed by atoms with Crippen LogP contribution in [0.25, 0.3) is 0 Å². The standard InChI is InChI=1S/C15H17FN2O/c1-9-10(2)17-14(18-13(9)19)15(3,4)11-5-7-12(16)8-6-11/h5-8H,1-4H3,(H,17,18,19).